The molecule has 0 aromatic heterocycles. The van der Waals surface area contributed by atoms with Crippen molar-refractivity contribution in [3.63, 3.8) is 0 Å². The molecular formula is C62H58N2. The molecule has 0 aliphatic heterocycles. The Bertz CT molecular complexity index is 3100. The summed E-state index contributed by atoms with van der Waals surface area (Å²) < 4.78 is 0. The van der Waals surface area contributed by atoms with E-state index in [-0.39, 0.29) is 17.3 Å². The number of nitrogens with zero attached hydrogens (tertiary/aromatic N) is 2. The van der Waals surface area contributed by atoms with Crippen molar-refractivity contribution < 1.29 is 0 Å². The molecular weight excluding hydrogens is 773 g/mol. The molecule has 2 unspecified atom stereocenters. The third kappa shape index (κ3) is 7.25. The number of anilines is 6. The minimum Gasteiger partial charge on any atom is -0.309 e. The first-order valence-electron chi connectivity index (χ1n) is 22.9. The topological polar surface area (TPSA) is 6.48 Å². The van der Waals surface area contributed by atoms with E-state index in [0.29, 0.717) is 0 Å². The van der Waals surface area contributed by atoms with E-state index in [9.17, 15) is 0 Å². The highest BCUT2D eigenvalue weighted by molar-refractivity contribution is 5.98. The Labute approximate surface area is 381 Å². The van der Waals surface area contributed by atoms with Crippen LogP contribution in [0.4, 0.5) is 34.1 Å². The number of aryl methyl sites for hydroxylation is 6. The molecule has 2 atom stereocenters. The van der Waals surface area contributed by atoms with Crippen LogP contribution in [-0.2, 0) is 0 Å². The number of rotatable bonds is 8. The maximum Gasteiger partial charge on any atom is 0.0558 e. The van der Waals surface area contributed by atoms with Crippen molar-refractivity contribution in [3.8, 4) is 22.3 Å². The molecule has 0 spiro atoms. The maximum absolute atomic E-state index is 2.59. The maximum atomic E-state index is 2.59. The summed E-state index contributed by atoms with van der Waals surface area (Å²) in [6.45, 7) is 20.5. The van der Waals surface area contributed by atoms with E-state index in [2.05, 4.69) is 248 Å². The molecule has 0 fully saturated rings. The second-order valence-electron chi connectivity index (χ2n) is 19.4. The van der Waals surface area contributed by atoms with Gasteiger partial charge in [0.1, 0.15) is 0 Å². The SMILES string of the molecule is Cc1ccc(C)c(N(c2cc(-c3ccccc3)ccc2C)c2cc(N(c3cc(C)ccc3C)c3cc(-c4ccccc4)ccc3C)c3c4c2C=CC2=CC(C(C)(C)C)=CC(C=C3)C24)c1. The molecule has 0 saturated carbocycles. The lowest BCUT2D eigenvalue weighted by atomic mass is 9.65. The zero-order valence-corrected chi connectivity index (χ0v) is 38.8. The van der Waals surface area contributed by atoms with Crippen LogP contribution in [0.25, 0.3) is 34.4 Å². The molecule has 316 valence electrons. The van der Waals surface area contributed by atoms with Gasteiger partial charge < -0.3 is 9.80 Å². The Morgan fingerprint density at radius 3 is 1.36 bits per heavy atom. The Morgan fingerprint density at radius 1 is 0.422 bits per heavy atom. The van der Waals surface area contributed by atoms with Crippen LogP contribution in [0.5, 0.6) is 0 Å². The van der Waals surface area contributed by atoms with Gasteiger partial charge >= 0.3 is 0 Å². The van der Waals surface area contributed by atoms with Gasteiger partial charge in [0, 0.05) is 45.7 Å². The lowest BCUT2D eigenvalue weighted by molar-refractivity contribution is 0.499. The smallest absolute Gasteiger partial charge is 0.0558 e. The minimum absolute atomic E-state index is 0.0365. The summed E-state index contributed by atoms with van der Waals surface area (Å²) in [7, 11) is 0. The van der Waals surface area contributed by atoms with Crippen LogP contribution in [-0.4, -0.2) is 0 Å². The van der Waals surface area contributed by atoms with Crippen molar-refractivity contribution in [1.29, 1.82) is 0 Å². The molecule has 0 radical (unpaired) electrons. The summed E-state index contributed by atoms with van der Waals surface area (Å²) in [5, 5.41) is 0. The van der Waals surface area contributed by atoms with Crippen LogP contribution < -0.4 is 9.80 Å². The van der Waals surface area contributed by atoms with E-state index in [1.165, 1.54) is 118 Å². The summed E-state index contributed by atoms with van der Waals surface area (Å²) >= 11 is 0. The highest BCUT2D eigenvalue weighted by Crippen LogP contribution is 2.57. The standard InChI is InChI=1S/C62H58N2/c1-39-20-22-41(3)54(32-39)63(56-36-47(26-24-43(56)5)45-16-12-10-13-17-45)58-38-59(53-31-29-50-35-51(62(7,8)9)34-49-28-30-52(58)61(53)60(49)50)64(55-33-40(2)21-23-42(55)4)57-37-48(27-25-44(57)6)46-18-14-11-15-19-46/h10-38,49,60H,1-9H3. The largest absolute Gasteiger partial charge is 0.309 e. The Balaban J connectivity index is 1.33. The second-order valence-corrected chi connectivity index (χ2v) is 19.4. The average molecular weight is 831 g/mol. The molecule has 7 aromatic carbocycles. The summed E-state index contributed by atoms with van der Waals surface area (Å²) in [6, 6.07) is 51.9. The van der Waals surface area contributed by atoms with Crippen molar-refractivity contribution in [3.05, 3.63) is 225 Å². The van der Waals surface area contributed by atoms with E-state index < -0.39 is 0 Å². The molecule has 0 heterocycles. The van der Waals surface area contributed by atoms with E-state index in [4.69, 9.17) is 0 Å². The number of allylic oxidation sites excluding steroid dienone is 6. The fourth-order valence-corrected chi connectivity index (χ4v) is 10.2. The lowest BCUT2D eigenvalue weighted by Gasteiger charge is -2.42. The first-order valence-corrected chi connectivity index (χ1v) is 22.9. The van der Waals surface area contributed by atoms with Gasteiger partial charge in [-0.05, 0) is 150 Å². The molecule has 0 amide bonds. The third-order valence-electron chi connectivity index (χ3n) is 13.8. The molecule has 3 aliphatic carbocycles. The van der Waals surface area contributed by atoms with Crippen molar-refractivity contribution in [2.24, 2.45) is 11.3 Å². The Hall–Kier alpha value is -6.90. The van der Waals surface area contributed by atoms with Crippen molar-refractivity contribution in [2.75, 3.05) is 9.80 Å². The van der Waals surface area contributed by atoms with Crippen LogP contribution in [0.3, 0.4) is 0 Å². The van der Waals surface area contributed by atoms with Gasteiger partial charge in [-0.2, -0.15) is 0 Å². The molecule has 3 aliphatic rings. The Morgan fingerprint density at radius 2 is 0.875 bits per heavy atom. The van der Waals surface area contributed by atoms with Gasteiger partial charge in [0.2, 0.25) is 0 Å². The first-order chi connectivity index (χ1) is 30.8. The zero-order chi connectivity index (χ0) is 44.4. The summed E-state index contributed by atoms with van der Waals surface area (Å²) in [5.41, 5.74) is 26.0. The van der Waals surface area contributed by atoms with Gasteiger partial charge in [-0.1, -0.05) is 166 Å². The molecule has 0 N–H and O–H groups in total. The lowest BCUT2D eigenvalue weighted by Crippen LogP contribution is -2.27. The van der Waals surface area contributed by atoms with E-state index in [1.54, 1.807) is 0 Å². The summed E-state index contributed by atoms with van der Waals surface area (Å²) in [5.74, 6) is 0.419. The molecule has 2 nitrogen and oxygen atoms in total. The molecule has 0 bridgehead atoms. The fourth-order valence-electron chi connectivity index (χ4n) is 10.2. The van der Waals surface area contributed by atoms with Crippen LogP contribution in [0.1, 0.15) is 76.8 Å². The molecule has 2 heteroatoms. The number of hydrogen-bond donors (Lipinski definition) is 0. The third-order valence-corrected chi connectivity index (χ3v) is 13.8. The first kappa shape index (κ1) is 41.1. The second kappa shape index (κ2) is 16.0. The highest BCUT2D eigenvalue weighted by Gasteiger charge is 2.39. The Kier molecular flexibility index (Phi) is 10.3. The van der Waals surface area contributed by atoms with E-state index in [1.807, 2.05) is 0 Å². The van der Waals surface area contributed by atoms with Crippen LogP contribution >= 0.6 is 0 Å². The van der Waals surface area contributed by atoms with Gasteiger partial charge in [-0.25, -0.2) is 0 Å². The monoisotopic (exact) mass is 830 g/mol. The predicted molar refractivity (Wildman–Crippen MR) is 275 cm³/mol. The minimum atomic E-state index is 0.0365. The van der Waals surface area contributed by atoms with Crippen LogP contribution in [0, 0.1) is 52.9 Å². The zero-order valence-electron chi connectivity index (χ0n) is 38.8. The molecule has 10 rings (SSSR count). The van der Waals surface area contributed by atoms with Gasteiger partial charge in [0.05, 0.1) is 11.4 Å². The van der Waals surface area contributed by atoms with Gasteiger partial charge in [0.25, 0.3) is 0 Å². The average Bonchev–Trinajstić information content (AvgIpc) is 3.29. The highest BCUT2D eigenvalue weighted by atomic mass is 15.2. The number of hydrogen-bond acceptors (Lipinski definition) is 2. The summed E-state index contributed by atoms with van der Waals surface area (Å²) in [6.07, 6.45) is 14.8. The van der Waals surface area contributed by atoms with Gasteiger partial charge in [-0.3, -0.25) is 0 Å². The predicted octanol–water partition coefficient (Wildman–Crippen LogP) is 17.5. The van der Waals surface area contributed by atoms with E-state index >= 15 is 0 Å². The fraction of sp³-hybridized carbons (Fsp3) is 0.194. The summed E-state index contributed by atoms with van der Waals surface area (Å²) in [4.78, 5) is 5.17. The van der Waals surface area contributed by atoms with Crippen LogP contribution in [0.2, 0.25) is 0 Å². The van der Waals surface area contributed by atoms with Gasteiger partial charge in [-0.15, -0.1) is 0 Å². The van der Waals surface area contributed by atoms with Crippen molar-refractivity contribution in [1.82, 2.24) is 0 Å². The molecule has 0 saturated heterocycles. The molecule has 64 heavy (non-hydrogen) atoms. The van der Waals surface area contributed by atoms with Crippen LogP contribution in [0.15, 0.2) is 175 Å². The van der Waals surface area contributed by atoms with Crippen molar-refractivity contribution >= 4 is 46.3 Å². The quantitative estimate of drug-likeness (QED) is 0.151. The molecule has 7 aromatic rings. The van der Waals surface area contributed by atoms with Crippen molar-refractivity contribution in [2.45, 2.75) is 68.2 Å². The van der Waals surface area contributed by atoms with Gasteiger partial charge in [0.15, 0.2) is 0 Å². The van der Waals surface area contributed by atoms with E-state index in [0.717, 1.165) is 0 Å². The normalized spacial score (nSPS) is 16.0. The number of benzene rings is 7.